The van der Waals surface area contributed by atoms with E-state index in [1.165, 1.54) is 11.3 Å². The Morgan fingerprint density at radius 1 is 1.29 bits per heavy atom. The third-order valence-corrected chi connectivity index (χ3v) is 4.87. The number of aromatic nitrogens is 2. The van der Waals surface area contributed by atoms with Crippen LogP contribution in [-0.2, 0) is 0 Å². The molecule has 1 aromatic carbocycles. The van der Waals surface area contributed by atoms with Crippen molar-refractivity contribution in [2.45, 2.75) is 19.9 Å². The van der Waals surface area contributed by atoms with E-state index in [0.29, 0.717) is 15.2 Å². The SMILES string of the molecule is CC(C)n1c(=S)[nH]c2scc(-c3ccccc3Cl)c2c1=O. The lowest BCUT2D eigenvalue weighted by Gasteiger charge is -2.10. The van der Waals surface area contributed by atoms with Gasteiger partial charge in [-0.1, -0.05) is 29.8 Å². The molecule has 0 aliphatic carbocycles. The van der Waals surface area contributed by atoms with Gasteiger partial charge in [-0.05, 0) is 32.1 Å². The van der Waals surface area contributed by atoms with Crippen molar-refractivity contribution in [3.05, 3.63) is 49.8 Å². The van der Waals surface area contributed by atoms with Gasteiger partial charge in [-0.2, -0.15) is 0 Å². The maximum Gasteiger partial charge on any atom is 0.263 e. The van der Waals surface area contributed by atoms with Gasteiger partial charge >= 0.3 is 0 Å². The van der Waals surface area contributed by atoms with E-state index in [0.717, 1.165) is 16.0 Å². The lowest BCUT2D eigenvalue weighted by atomic mass is 10.1. The molecule has 0 aliphatic rings. The van der Waals surface area contributed by atoms with E-state index in [2.05, 4.69) is 4.98 Å². The Morgan fingerprint density at radius 2 is 2.00 bits per heavy atom. The summed E-state index contributed by atoms with van der Waals surface area (Å²) >= 11 is 13.0. The van der Waals surface area contributed by atoms with Gasteiger partial charge in [-0.25, -0.2) is 0 Å². The predicted octanol–water partition coefficient (Wildman–Crippen LogP) is 5.02. The summed E-state index contributed by atoms with van der Waals surface area (Å²) in [6, 6.07) is 7.54. The van der Waals surface area contributed by atoms with Gasteiger partial charge in [0, 0.05) is 27.6 Å². The van der Waals surface area contributed by atoms with Crippen molar-refractivity contribution in [3.8, 4) is 11.1 Å². The average molecular weight is 337 g/mol. The molecule has 0 amide bonds. The number of hydrogen-bond donors (Lipinski definition) is 1. The molecule has 0 spiro atoms. The predicted molar refractivity (Wildman–Crippen MR) is 92.1 cm³/mol. The fourth-order valence-electron chi connectivity index (χ4n) is 2.38. The maximum atomic E-state index is 12.8. The first-order chi connectivity index (χ1) is 10.0. The standard InChI is InChI=1S/C15H13ClN2OS2/c1-8(2)18-14(19)12-10(7-21-13(12)17-15(18)20)9-5-3-4-6-11(9)16/h3-8H,1-2H3,(H,17,20). The van der Waals surface area contributed by atoms with E-state index in [-0.39, 0.29) is 11.6 Å². The van der Waals surface area contributed by atoms with Crippen molar-refractivity contribution >= 4 is 45.4 Å². The van der Waals surface area contributed by atoms with Crippen LogP contribution in [0.1, 0.15) is 19.9 Å². The molecule has 3 aromatic rings. The van der Waals surface area contributed by atoms with Crippen LogP contribution in [0.5, 0.6) is 0 Å². The Balaban J connectivity index is 2.43. The van der Waals surface area contributed by atoms with Crippen LogP contribution in [0.15, 0.2) is 34.4 Å². The van der Waals surface area contributed by atoms with Gasteiger partial charge < -0.3 is 4.98 Å². The first-order valence-corrected chi connectivity index (χ1v) is 8.18. The van der Waals surface area contributed by atoms with E-state index in [4.69, 9.17) is 23.8 Å². The lowest BCUT2D eigenvalue weighted by molar-refractivity contribution is 0.565. The second-order valence-electron chi connectivity index (χ2n) is 5.03. The lowest BCUT2D eigenvalue weighted by Crippen LogP contribution is -2.23. The van der Waals surface area contributed by atoms with Crippen molar-refractivity contribution in [2.24, 2.45) is 0 Å². The number of fused-ring (bicyclic) bond motifs is 1. The maximum absolute atomic E-state index is 12.8. The minimum absolute atomic E-state index is 0.00430. The molecule has 0 radical (unpaired) electrons. The quantitative estimate of drug-likeness (QED) is 0.667. The molecule has 2 aromatic heterocycles. The number of thiophene rings is 1. The smallest absolute Gasteiger partial charge is 0.263 e. The molecule has 3 nitrogen and oxygen atoms in total. The molecule has 21 heavy (non-hydrogen) atoms. The van der Waals surface area contributed by atoms with Crippen molar-refractivity contribution in [2.75, 3.05) is 0 Å². The summed E-state index contributed by atoms with van der Waals surface area (Å²) in [6.07, 6.45) is 0. The van der Waals surface area contributed by atoms with E-state index in [1.807, 2.05) is 43.5 Å². The Morgan fingerprint density at radius 3 is 2.67 bits per heavy atom. The van der Waals surface area contributed by atoms with Crippen molar-refractivity contribution in [1.29, 1.82) is 0 Å². The van der Waals surface area contributed by atoms with Gasteiger partial charge in [-0.3, -0.25) is 9.36 Å². The van der Waals surface area contributed by atoms with E-state index in [9.17, 15) is 4.79 Å². The Bertz CT molecular complexity index is 937. The van der Waals surface area contributed by atoms with E-state index < -0.39 is 0 Å². The Kier molecular flexibility index (Phi) is 3.73. The topological polar surface area (TPSA) is 37.8 Å². The van der Waals surface area contributed by atoms with Crippen molar-refractivity contribution in [1.82, 2.24) is 9.55 Å². The molecule has 1 N–H and O–H groups in total. The number of benzene rings is 1. The summed E-state index contributed by atoms with van der Waals surface area (Å²) in [5.41, 5.74) is 1.65. The van der Waals surface area contributed by atoms with Gasteiger partial charge in [0.05, 0.1) is 5.39 Å². The zero-order valence-corrected chi connectivity index (χ0v) is 13.9. The summed E-state index contributed by atoms with van der Waals surface area (Å²) in [4.78, 5) is 16.7. The number of nitrogens with one attached hydrogen (secondary N) is 1. The molecule has 0 atom stereocenters. The third-order valence-electron chi connectivity index (χ3n) is 3.34. The molecule has 0 fully saturated rings. The normalized spacial score (nSPS) is 11.4. The number of halogens is 1. The zero-order valence-electron chi connectivity index (χ0n) is 11.5. The second-order valence-corrected chi connectivity index (χ2v) is 6.71. The Labute approximate surface area is 135 Å². The second kappa shape index (κ2) is 5.40. The molecular weight excluding hydrogens is 324 g/mol. The van der Waals surface area contributed by atoms with Crippen LogP contribution in [0.3, 0.4) is 0 Å². The average Bonchev–Trinajstić information content (AvgIpc) is 2.82. The summed E-state index contributed by atoms with van der Waals surface area (Å²) in [5.74, 6) is 0. The first-order valence-electron chi connectivity index (χ1n) is 6.51. The number of hydrogen-bond acceptors (Lipinski definition) is 3. The van der Waals surface area contributed by atoms with Gasteiger partial charge in [0.2, 0.25) is 0 Å². The van der Waals surface area contributed by atoms with Crippen molar-refractivity contribution in [3.63, 3.8) is 0 Å². The van der Waals surface area contributed by atoms with Crippen LogP contribution >= 0.6 is 35.2 Å². The summed E-state index contributed by atoms with van der Waals surface area (Å²) in [6.45, 7) is 3.89. The van der Waals surface area contributed by atoms with Gasteiger partial charge in [-0.15, -0.1) is 11.3 Å². The van der Waals surface area contributed by atoms with Crippen LogP contribution in [-0.4, -0.2) is 9.55 Å². The molecule has 0 unspecified atom stereocenters. The van der Waals surface area contributed by atoms with Gasteiger partial charge in [0.25, 0.3) is 5.56 Å². The zero-order chi connectivity index (χ0) is 15.1. The highest BCUT2D eigenvalue weighted by molar-refractivity contribution is 7.71. The van der Waals surface area contributed by atoms with Gasteiger partial charge in [0.15, 0.2) is 4.77 Å². The molecule has 2 heterocycles. The van der Waals surface area contributed by atoms with Crippen LogP contribution in [0.4, 0.5) is 0 Å². The third kappa shape index (κ3) is 2.35. The largest absolute Gasteiger partial charge is 0.323 e. The first kappa shape index (κ1) is 14.5. The molecule has 0 saturated carbocycles. The highest BCUT2D eigenvalue weighted by Crippen LogP contribution is 2.35. The summed E-state index contributed by atoms with van der Waals surface area (Å²) in [5, 5.41) is 3.23. The molecule has 0 saturated heterocycles. The molecule has 6 heteroatoms. The van der Waals surface area contributed by atoms with Crippen LogP contribution in [0.25, 0.3) is 21.3 Å². The number of rotatable bonds is 2. The number of H-pyrrole nitrogens is 1. The minimum atomic E-state index is -0.0695. The molecule has 108 valence electrons. The summed E-state index contributed by atoms with van der Waals surface area (Å²) in [7, 11) is 0. The fourth-order valence-corrected chi connectivity index (χ4v) is 4.03. The highest BCUT2D eigenvalue weighted by Gasteiger charge is 2.16. The van der Waals surface area contributed by atoms with Crippen LogP contribution in [0, 0.1) is 4.77 Å². The highest BCUT2D eigenvalue weighted by atomic mass is 35.5. The van der Waals surface area contributed by atoms with Gasteiger partial charge in [0.1, 0.15) is 4.83 Å². The molecular formula is C15H13ClN2OS2. The summed E-state index contributed by atoms with van der Waals surface area (Å²) < 4.78 is 2.06. The van der Waals surface area contributed by atoms with Crippen LogP contribution in [0.2, 0.25) is 5.02 Å². The minimum Gasteiger partial charge on any atom is -0.323 e. The molecule has 0 aliphatic heterocycles. The molecule has 0 bridgehead atoms. The van der Waals surface area contributed by atoms with E-state index >= 15 is 0 Å². The van der Waals surface area contributed by atoms with E-state index in [1.54, 1.807) is 4.57 Å². The number of aromatic amines is 1. The molecule has 3 rings (SSSR count). The van der Waals surface area contributed by atoms with Crippen molar-refractivity contribution < 1.29 is 0 Å². The monoisotopic (exact) mass is 336 g/mol. The fraction of sp³-hybridized carbons (Fsp3) is 0.200. The van der Waals surface area contributed by atoms with Crippen LogP contribution < -0.4 is 5.56 Å². The number of nitrogens with zero attached hydrogens (tertiary/aromatic N) is 1. The Hall–Kier alpha value is -1.43.